The molecule has 0 aromatic heterocycles. The molecule has 17 heavy (non-hydrogen) atoms. The molecule has 5 nitrogen and oxygen atoms in total. The first-order valence-electron chi connectivity index (χ1n) is 4.94. The van der Waals surface area contributed by atoms with E-state index in [2.05, 4.69) is 0 Å². The van der Waals surface area contributed by atoms with Crippen molar-refractivity contribution in [1.29, 1.82) is 0 Å². The number of aliphatic carboxylic acids is 1. The largest absolute Gasteiger partial charge is 0.481 e. The van der Waals surface area contributed by atoms with Crippen LogP contribution >= 0.6 is 0 Å². The van der Waals surface area contributed by atoms with Crippen LogP contribution in [0.4, 0.5) is 10.1 Å². The van der Waals surface area contributed by atoms with Gasteiger partial charge < -0.3 is 15.7 Å². The van der Waals surface area contributed by atoms with E-state index < -0.39 is 17.7 Å². The van der Waals surface area contributed by atoms with Gasteiger partial charge in [0.2, 0.25) is 0 Å². The average Bonchev–Trinajstić information content (AvgIpc) is 2.28. The Morgan fingerprint density at radius 3 is 2.71 bits per heavy atom. The fourth-order valence-electron chi connectivity index (χ4n) is 1.29. The second-order valence-corrected chi connectivity index (χ2v) is 3.57. The summed E-state index contributed by atoms with van der Waals surface area (Å²) in [6.07, 6.45) is -0.169. The number of halogens is 1. The van der Waals surface area contributed by atoms with Crippen LogP contribution in [-0.4, -0.2) is 35.5 Å². The van der Waals surface area contributed by atoms with Crippen LogP contribution in [0.2, 0.25) is 0 Å². The van der Waals surface area contributed by atoms with Gasteiger partial charge in [-0.3, -0.25) is 9.59 Å². The lowest BCUT2D eigenvalue weighted by Gasteiger charge is -2.17. The van der Waals surface area contributed by atoms with Crippen molar-refractivity contribution in [2.24, 2.45) is 0 Å². The minimum absolute atomic E-state index is 0.0397. The highest BCUT2D eigenvalue weighted by atomic mass is 19.1. The second-order valence-electron chi connectivity index (χ2n) is 3.57. The van der Waals surface area contributed by atoms with Crippen LogP contribution in [0.3, 0.4) is 0 Å². The molecule has 92 valence electrons. The van der Waals surface area contributed by atoms with E-state index in [-0.39, 0.29) is 24.2 Å². The van der Waals surface area contributed by atoms with Gasteiger partial charge in [0, 0.05) is 13.6 Å². The van der Waals surface area contributed by atoms with Gasteiger partial charge >= 0.3 is 5.97 Å². The SMILES string of the molecule is CN(CCC(=O)O)C(=O)c1cccc(F)c1N. The van der Waals surface area contributed by atoms with Gasteiger partial charge in [-0.25, -0.2) is 4.39 Å². The molecule has 1 aromatic rings. The van der Waals surface area contributed by atoms with Crippen molar-refractivity contribution < 1.29 is 19.1 Å². The van der Waals surface area contributed by atoms with Gasteiger partial charge in [0.1, 0.15) is 5.82 Å². The first-order valence-corrected chi connectivity index (χ1v) is 4.94. The van der Waals surface area contributed by atoms with E-state index in [0.29, 0.717) is 0 Å². The number of hydrogen-bond acceptors (Lipinski definition) is 3. The highest BCUT2D eigenvalue weighted by Gasteiger charge is 2.17. The Kier molecular flexibility index (Phi) is 4.03. The number of anilines is 1. The summed E-state index contributed by atoms with van der Waals surface area (Å²) >= 11 is 0. The number of carbonyl (C=O) groups is 2. The van der Waals surface area contributed by atoms with Gasteiger partial charge in [0.25, 0.3) is 5.91 Å². The number of hydrogen-bond donors (Lipinski definition) is 2. The number of rotatable bonds is 4. The zero-order valence-corrected chi connectivity index (χ0v) is 9.31. The summed E-state index contributed by atoms with van der Waals surface area (Å²) in [4.78, 5) is 23.4. The molecule has 1 aromatic carbocycles. The highest BCUT2D eigenvalue weighted by molar-refractivity contribution is 5.99. The predicted octanol–water partition coefficient (Wildman–Crippen LogP) is 0.955. The average molecular weight is 240 g/mol. The number of carbonyl (C=O) groups excluding carboxylic acids is 1. The third-order valence-electron chi connectivity index (χ3n) is 2.29. The van der Waals surface area contributed by atoms with Gasteiger partial charge in [-0.15, -0.1) is 0 Å². The molecule has 3 N–H and O–H groups in total. The zero-order valence-electron chi connectivity index (χ0n) is 9.31. The number of benzene rings is 1. The molecular formula is C11H13FN2O3. The number of amides is 1. The molecule has 0 aliphatic rings. The number of nitrogens with two attached hydrogens (primary N) is 1. The highest BCUT2D eigenvalue weighted by Crippen LogP contribution is 2.17. The maximum atomic E-state index is 13.1. The van der Waals surface area contributed by atoms with E-state index in [4.69, 9.17) is 10.8 Å². The summed E-state index contributed by atoms with van der Waals surface area (Å²) in [6.45, 7) is 0.0458. The number of carboxylic acids is 1. The molecule has 0 aliphatic carbocycles. The minimum atomic E-state index is -1.00. The van der Waals surface area contributed by atoms with Crippen molar-refractivity contribution in [2.75, 3.05) is 19.3 Å². The Hall–Kier alpha value is -2.11. The van der Waals surface area contributed by atoms with Gasteiger partial charge in [-0.1, -0.05) is 6.07 Å². The number of carboxylic acid groups (broad SMARTS) is 1. The summed E-state index contributed by atoms with van der Waals surface area (Å²) in [5.74, 6) is -2.16. The van der Waals surface area contributed by atoms with Gasteiger partial charge in [0.05, 0.1) is 17.7 Å². The van der Waals surface area contributed by atoms with Crippen molar-refractivity contribution in [1.82, 2.24) is 4.90 Å². The molecule has 0 radical (unpaired) electrons. The number of nitrogens with zero attached hydrogens (tertiary/aromatic N) is 1. The van der Waals surface area contributed by atoms with Gasteiger partial charge in [-0.05, 0) is 12.1 Å². The number of para-hydroxylation sites is 1. The monoisotopic (exact) mass is 240 g/mol. The van der Waals surface area contributed by atoms with Crippen molar-refractivity contribution in [2.45, 2.75) is 6.42 Å². The van der Waals surface area contributed by atoms with Crippen LogP contribution in [0.5, 0.6) is 0 Å². The standard InChI is InChI=1S/C11H13FN2O3/c1-14(6-5-9(15)16)11(17)7-3-2-4-8(12)10(7)13/h2-4H,5-6,13H2,1H3,(H,15,16). The van der Waals surface area contributed by atoms with E-state index in [1.807, 2.05) is 0 Å². The fraction of sp³-hybridized carbons (Fsp3) is 0.273. The summed E-state index contributed by atoms with van der Waals surface area (Å²) in [7, 11) is 1.44. The lowest BCUT2D eigenvalue weighted by atomic mass is 10.1. The maximum Gasteiger partial charge on any atom is 0.305 e. The molecule has 0 heterocycles. The van der Waals surface area contributed by atoms with E-state index in [9.17, 15) is 14.0 Å². The molecular weight excluding hydrogens is 227 g/mol. The van der Waals surface area contributed by atoms with Gasteiger partial charge in [0.15, 0.2) is 0 Å². The molecule has 0 unspecified atom stereocenters. The second kappa shape index (κ2) is 5.29. The van der Waals surface area contributed by atoms with Crippen molar-refractivity contribution in [3.8, 4) is 0 Å². The molecule has 6 heteroatoms. The summed E-state index contributed by atoms with van der Waals surface area (Å²) in [5, 5.41) is 8.49. The zero-order chi connectivity index (χ0) is 13.0. The predicted molar refractivity (Wildman–Crippen MR) is 60.0 cm³/mol. The molecule has 0 fully saturated rings. The van der Waals surface area contributed by atoms with Crippen LogP contribution in [0.1, 0.15) is 16.8 Å². The topological polar surface area (TPSA) is 83.6 Å². The van der Waals surface area contributed by atoms with Crippen LogP contribution < -0.4 is 5.73 Å². The Morgan fingerprint density at radius 1 is 1.47 bits per heavy atom. The molecule has 0 spiro atoms. The molecule has 0 aliphatic heterocycles. The lowest BCUT2D eigenvalue weighted by Crippen LogP contribution is -2.29. The molecule has 0 saturated heterocycles. The van der Waals surface area contributed by atoms with Crippen LogP contribution in [0.25, 0.3) is 0 Å². The quantitative estimate of drug-likeness (QED) is 0.767. The van der Waals surface area contributed by atoms with Crippen LogP contribution in [0, 0.1) is 5.82 Å². The molecule has 1 rings (SSSR count). The first kappa shape index (κ1) is 13.0. The Balaban J connectivity index is 2.82. The summed E-state index contributed by atoms with van der Waals surface area (Å²) in [5.41, 5.74) is 5.26. The van der Waals surface area contributed by atoms with Crippen LogP contribution in [0.15, 0.2) is 18.2 Å². The molecule has 1 amide bonds. The van der Waals surface area contributed by atoms with E-state index in [1.54, 1.807) is 0 Å². The van der Waals surface area contributed by atoms with E-state index in [0.717, 1.165) is 6.07 Å². The third kappa shape index (κ3) is 3.17. The fourth-order valence-corrected chi connectivity index (χ4v) is 1.29. The van der Waals surface area contributed by atoms with Crippen LogP contribution in [-0.2, 0) is 4.79 Å². The third-order valence-corrected chi connectivity index (χ3v) is 2.29. The minimum Gasteiger partial charge on any atom is -0.481 e. The van der Waals surface area contributed by atoms with Crippen molar-refractivity contribution in [3.63, 3.8) is 0 Å². The lowest BCUT2D eigenvalue weighted by molar-refractivity contribution is -0.137. The first-order chi connectivity index (χ1) is 7.93. The summed E-state index contributed by atoms with van der Waals surface area (Å²) in [6, 6.07) is 3.94. The Labute approximate surface area is 97.6 Å². The number of nitrogen functional groups attached to an aromatic ring is 1. The maximum absolute atomic E-state index is 13.1. The van der Waals surface area contributed by atoms with Crippen molar-refractivity contribution >= 4 is 17.6 Å². The molecule has 0 saturated carbocycles. The summed E-state index contributed by atoms with van der Waals surface area (Å²) < 4.78 is 13.1. The van der Waals surface area contributed by atoms with E-state index >= 15 is 0 Å². The Bertz CT molecular complexity index is 448. The molecule has 0 bridgehead atoms. The van der Waals surface area contributed by atoms with Gasteiger partial charge in [-0.2, -0.15) is 0 Å². The van der Waals surface area contributed by atoms with E-state index in [1.165, 1.54) is 24.1 Å². The normalized spacial score (nSPS) is 10.0. The smallest absolute Gasteiger partial charge is 0.305 e. The van der Waals surface area contributed by atoms with Crippen molar-refractivity contribution in [3.05, 3.63) is 29.6 Å². The molecule has 0 atom stereocenters. The Morgan fingerprint density at radius 2 is 2.12 bits per heavy atom.